The maximum atomic E-state index is 13.1. The number of carbonyl (C=O) groups excluding carboxylic acids is 3. The van der Waals surface area contributed by atoms with Crippen LogP contribution in [0.2, 0.25) is 0 Å². The van der Waals surface area contributed by atoms with Crippen LogP contribution in [0, 0.1) is 11.8 Å². The number of amides is 3. The molecule has 3 amide bonds. The number of phenols is 1. The van der Waals surface area contributed by atoms with E-state index in [0.717, 1.165) is 0 Å². The molecule has 7 N–H and O–H groups in total. The molecule has 11 heteroatoms. The molecule has 0 bridgehead atoms. The molecule has 0 saturated carbocycles. The summed E-state index contributed by atoms with van der Waals surface area (Å²) in [6.45, 7) is 7.25. The molecule has 0 spiro atoms. The number of rotatable bonds is 14. The summed E-state index contributed by atoms with van der Waals surface area (Å²) in [6.07, 6.45) is 1.29. The van der Waals surface area contributed by atoms with Gasteiger partial charge in [-0.1, -0.05) is 52.7 Å². The van der Waals surface area contributed by atoms with Crippen LogP contribution in [0.4, 0.5) is 0 Å². The lowest BCUT2D eigenvalue weighted by atomic mass is 9.98. The first-order valence-corrected chi connectivity index (χ1v) is 12.4. The highest BCUT2D eigenvalue weighted by Gasteiger charge is 2.32. The lowest BCUT2D eigenvalue weighted by molar-refractivity contribution is -0.143. The summed E-state index contributed by atoms with van der Waals surface area (Å²) in [5, 5.41) is 26.7. The van der Waals surface area contributed by atoms with Gasteiger partial charge in [0.05, 0.1) is 6.04 Å². The molecule has 35 heavy (non-hydrogen) atoms. The maximum Gasteiger partial charge on any atom is 0.326 e. The second kappa shape index (κ2) is 14.6. The third-order valence-corrected chi connectivity index (χ3v) is 6.53. The van der Waals surface area contributed by atoms with Crippen LogP contribution in [0.5, 0.6) is 5.75 Å². The second-order valence-corrected chi connectivity index (χ2v) is 9.16. The quantitative estimate of drug-likeness (QED) is 0.182. The van der Waals surface area contributed by atoms with E-state index in [1.165, 1.54) is 12.1 Å². The van der Waals surface area contributed by atoms with Gasteiger partial charge in [0.15, 0.2) is 0 Å². The molecule has 6 unspecified atom stereocenters. The second-order valence-electron chi connectivity index (χ2n) is 8.80. The molecule has 0 saturated heterocycles. The maximum absolute atomic E-state index is 13.1. The fourth-order valence-corrected chi connectivity index (χ4v) is 3.52. The lowest BCUT2D eigenvalue weighted by Gasteiger charge is -2.26. The Bertz CT molecular complexity index is 866. The number of carboxylic acids is 1. The van der Waals surface area contributed by atoms with Crippen molar-refractivity contribution < 1.29 is 29.4 Å². The van der Waals surface area contributed by atoms with E-state index in [4.69, 9.17) is 5.73 Å². The summed E-state index contributed by atoms with van der Waals surface area (Å²) < 4.78 is 0. The number of nitrogens with two attached hydrogens (primary N) is 1. The predicted molar refractivity (Wildman–Crippen MR) is 136 cm³/mol. The van der Waals surface area contributed by atoms with Crippen molar-refractivity contribution in [3.8, 4) is 5.75 Å². The van der Waals surface area contributed by atoms with E-state index < -0.39 is 47.9 Å². The van der Waals surface area contributed by atoms with E-state index in [9.17, 15) is 29.4 Å². The van der Waals surface area contributed by atoms with Crippen molar-refractivity contribution in [3.63, 3.8) is 0 Å². The van der Waals surface area contributed by atoms with Gasteiger partial charge in [-0.3, -0.25) is 14.4 Å². The smallest absolute Gasteiger partial charge is 0.326 e. The third kappa shape index (κ3) is 9.41. The Morgan fingerprint density at radius 3 is 1.89 bits per heavy atom. The number of aromatic hydroxyl groups is 1. The Balaban J connectivity index is 3.06. The van der Waals surface area contributed by atoms with E-state index in [-0.39, 0.29) is 29.8 Å². The van der Waals surface area contributed by atoms with Crippen molar-refractivity contribution in [1.82, 2.24) is 16.0 Å². The molecule has 0 radical (unpaired) electrons. The highest BCUT2D eigenvalue weighted by atomic mass is 32.1. The van der Waals surface area contributed by atoms with Gasteiger partial charge in [-0.05, 0) is 29.5 Å². The van der Waals surface area contributed by atoms with Gasteiger partial charge < -0.3 is 31.9 Å². The Hall–Kier alpha value is -2.79. The summed E-state index contributed by atoms with van der Waals surface area (Å²) in [6, 6.07) is 2.01. The summed E-state index contributed by atoms with van der Waals surface area (Å²) >= 11 is 4.14. The molecule has 1 rings (SSSR count). The average Bonchev–Trinajstić information content (AvgIpc) is 2.84. The lowest BCUT2D eigenvalue weighted by Crippen LogP contribution is -2.59. The molecule has 1 aromatic carbocycles. The topological polar surface area (TPSA) is 171 Å². The van der Waals surface area contributed by atoms with Gasteiger partial charge in [0, 0.05) is 12.2 Å². The molecular formula is C24H38N4O6S. The highest BCUT2D eigenvalue weighted by molar-refractivity contribution is 7.80. The first kappa shape index (κ1) is 30.2. The van der Waals surface area contributed by atoms with Gasteiger partial charge in [-0.2, -0.15) is 12.6 Å². The zero-order valence-electron chi connectivity index (χ0n) is 20.7. The number of hydrogen-bond acceptors (Lipinski definition) is 7. The molecule has 0 aliphatic heterocycles. The first-order valence-electron chi connectivity index (χ1n) is 11.7. The third-order valence-electron chi connectivity index (χ3n) is 6.16. The van der Waals surface area contributed by atoms with Crippen molar-refractivity contribution >= 4 is 36.3 Å². The Labute approximate surface area is 211 Å². The average molecular weight is 511 g/mol. The van der Waals surface area contributed by atoms with E-state index in [1.54, 1.807) is 19.1 Å². The number of carboxylic acid groups (broad SMARTS) is 1. The fraction of sp³-hybridized carbons (Fsp3) is 0.583. The summed E-state index contributed by atoms with van der Waals surface area (Å²) in [5.74, 6) is -3.48. The monoisotopic (exact) mass is 510 g/mol. The molecule has 10 nitrogen and oxygen atoms in total. The minimum atomic E-state index is -1.17. The molecule has 0 fully saturated rings. The van der Waals surface area contributed by atoms with Crippen molar-refractivity contribution in [1.29, 1.82) is 0 Å². The van der Waals surface area contributed by atoms with Crippen LogP contribution in [0.1, 0.15) is 46.1 Å². The molecule has 0 aliphatic rings. The van der Waals surface area contributed by atoms with E-state index >= 15 is 0 Å². The zero-order valence-corrected chi connectivity index (χ0v) is 21.5. The molecule has 0 aliphatic carbocycles. The molecule has 0 aromatic heterocycles. The van der Waals surface area contributed by atoms with Crippen molar-refractivity contribution in [2.45, 2.75) is 71.1 Å². The number of benzene rings is 1. The Morgan fingerprint density at radius 1 is 0.886 bits per heavy atom. The summed E-state index contributed by atoms with van der Waals surface area (Å²) in [7, 11) is 0. The van der Waals surface area contributed by atoms with Gasteiger partial charge in [0.2, 0.25) is 17.7 Å². The number of hydrogen-bond donors (Lipinski definition) is 7. The Morgan fingerprint density at radius 2 is 1.40 bits per heavy atom. The molecule has 196 valence electrons. The van der Waals surface area contributed by atoms with E-state index in [2.05, 4.69) is 28.6 Å². The fourth-order valence-electron chi connectivity index (χ4n) is 3.26. The predicted octanol–water partition coefficient (Wildman–Crippen LogP) is 0.823. The molecule has 6 atom stereocenters. The number of carbonyl (C=O) groups is 4. The largest absolute Gasteiger partial charge is 0.508 e. The number of thiol groups is 1. The normalized spacial score (nSPS) is 16.2. The van der Waals surface area contributed by atoms with Crippen molar-refractivity contribution in [2.75, 3.05) is 5.75 Å². The van der Waals surface area contributed by atoms with Crippen LogP contribution < -0.4 is 21.7 Å². The van der Waals surface area contributed by atoms with Crippen LogP contribution in [-0.4, -0.2) is 63.8 Å². The molecule has 0 heterocycles. The number of phenolic OH excluding ortho intramolecular Hbond substituents is 1. The van der Waals surface area contributed by atoms with Gasteiger partial charge in [-0.25, -0.2) is 4.79 Å². The van der Waals surface area contributed by atoms with Crippen LogP contribution in [0.3, 0.4) is 0 Å². The SMILES string of the molecule is CCC(C)C(N)C(=O)NC(Cc1ccc(O)cc1)C(=O)NC(CS)C(=O)NC(C(=O)O)C(C)CC. The van der Waals surface area contributed by atoms with Crippen LogP contribution in [0.15, 0.2) is 24.3 Å². The minimum absolute atomic E-state index is 0.0543. The summed E-state index contributed by atoms with van der Waals surface area (Å²) in [4.78, 5) is 50.2. The van der Waals surface area contributed by atoms with Crippen LogP contribution in [0.25, 0.3) is 0 Å². The zero-order chi connectivity index (χ0) is 26.7. The summed E-state index contributed by atoms with van der Waals surface area (Å²) in [5.41, 5.74) is 6.69. The Kier molecular flexibility index (Phi) is 12.6. The minimum Gasteiger partial charge on any atom is -0.508 e. The van der Waals surface area contributed by atoms with Crippen LogP contribution >= 0.6 is 12.6 Å². The van der Waals surface area contributed by atoms with Gasteiger partial charge in [0.25, 0.3) is 0 Å². The van der Waals surface area contributed by atoms with E-state index in [0.29, 0.717) is 18.4 Å². The standard InChI is InChI=1S/C24H38N4O6S/c1-5-13(3)19(25)23(32)26-17(11-15-7-9-16(29)10-8-15)21(30)27-18(12-35)22(31)28-20(24(33)34)14(4)6-2/h7-10,13-14,17-20,29,35H,5-6,11-12,25H2,1-4H3,(H,26,32)(H,27,30)(H,28,31)(H,33,34). The number of nitrogens with one attached hydrogen (secondary N) is 3. The molecular weight excluding hydrogens is 472 g/mol. The van der Waals surface area contributed by atoms with Gasteiger partial charge >= 0.3 is 5.97 Å². The van der Waals surface area contributed by atoms with Gasteiger partial charge in [-0.15, -0.1) is 0 Å². The van der Waals surface area contributed by atoms with Crippen molar-refractivity contribution in [2.24, 2.45) is 17.6 Å². The van der Waals surface area contributed by atoms with Gasteiger partial charge in [0.1, 0.15) is 23.9 Å². The number of aliphatic carboxylic acids is 1. The van der Waals surface area contributed by atoms with Crippen LogP contribution in [-0.2, 0) is 25.6 Å². The first-order chi connectivity index (χ1) is 16.4. The van der Waals surface area contributed by atoms with Crippen molar-refractivity contribution in [3.05, 3.63) is 29.8 Å². The molecule has 1 aromatic rings. The highest BCUT2D eigenvalue weighted by Crippen LogP contribution is 2.13. The van der Waals surface area contributed by atoms with E-state index in [1.807, 2.05) is 20.8 Å².